The summed E-state index contributed by atoms with van der Waals surface area (Å²) in [4.78, 5) is 0. The molecular weight excluding hydrogens is 194 g/mol. The molecular formula is C11H17NO3. The van der Waals surface area contributed by atoms with Gasteiger partial charge in [-0.3, -0.25) is 0 Å². The molecule has 0 saturated carbocycles. The van der Waals surface area contributed by atoms with Crippen molar-refractivity contribution in [3.63, 3.8) is 0 Å². The zero-order valence-electron chi connectivity index (χ0n) is 8.90. The number of phenols is 1. The molecule has 4 nitrogen and oxygen atoms in total. The molecule has 0 aliphatic carbocycles. The molecule has 0 bridgehead atoms. The SMILES string of the molecule is CCCOCCOc1cccc(O)c1N. The van der Waals surface area contributed by atoms with E-state index >= 15 is 0 Å². The van der Waals surface area contributed by atoms with Crippen molar-refractivity contribution in [2.45, 2.75) is 13.3 Å². The van der Waals surface area contributed by atoms with E-state index in [0.29, 0.717) is 19.0 Å². The summed E-state index contributed by atoms with van der Waals surface area (Å²) in [6.07, 6.45) is 0.994. The lowest BCUT2D eigenvalue weighted by molar-refractivity contribution is 0.101. The minimum atomic E-state index is 0.0435. The van der Waals surface area contributed by atoms with Crippen LogP contribution in [0.4, 0.5) is 5.69 Å². The largest absolute Gasteiger partial charge is 0.506 e. The van der Waals surface area contributed by atoms with Crippen molar-refractivity contribution in [2.24, 2.45) is 0 Å². The maximum Gasteiger partial charge on any atom is 0.146 e. The Kier molecular flexibility index (Phi) is 4.77. The van der Waals surface area contributed by atoms with Crippen LogP contribution in [0.25, 0.3) is 0 Å². The van der Waals surface area contributed by atoms with E-state index in [1.807, 2.05) is 6.92 Å². The van der Waals surface area contributed by atoms with Gasteiger partial charge in [0.15, 0.2) is 0 Å². The fraction of sp³-hybridized carbons (Fsp3) is 0.455. The maximum absolute atomic E-state index is 9.30. The molecule has 0 spiro atoms. The highest BCUT2D eigenvalue weighted by Gasteiger charge is 2.03. The van der Waals surface area contributed by atoms with Crippen molar-refractivity contribution in [3.8, 4) is 11.5 Å². The van der Waals surface area contributed by atoms with Crippen LogP contribution in [0.5, 0.6) is 11.5 Å². The first-order valence-corrected chi connectivity index (χ1v) is 5.03. The van der Waals surface area contributed by atoms with E-state index in [2.05, 4.69) is 0 Å². The van der Waals surface area contributed by atoms with E-state index in [9.17, 15) is 5.11 Å². The Morgan fingerprint density at radius 1 is 1.27 bits per heavy atom. The van der Waals surface area contributed by atoms with Gasteiger partial charge in [-0.05, 0) is 18.6 Å². The van der Waals surface area contributed by atoms with Crippen LogP contribution in [0, 0.1) is 0 Å². The standard InChI is InChI=1S/C11H17NO3/c1-2-6-14-7-8-15-10-5-3-4-9(13)11(10)12/h3-5,13H,2,6-8,12H2,1H3. The summed E-state index contributed by atoms with van der Waals surface area (Å²) in [7, 11) is 0. The third-order valence-electron chi connectivity index (χ3n) is 1.88. The molecule has 0 radical (unpaired) electrons. The molecule has 0 aliphatic rings. The molecule has 1 rings (SSSR count). The highest BCUT2D eigenvalue weighted by molar-refractivity contribution is 5.61. The third kappa shape index (κ3) is 3.67. The number of phenolic OH excluding ortho intramolecular Hbond substituents is 1. The van der Waals surface area contributed by atoms with E-state index in [0.717, 1.165) is 13.0 Å². The fourth-order valence-electron chi connectivity index (χ4n) is 1.12. The number of benzene rings is 1. The molecule has 0 atom stereocenters. The highest BCUT2D eigenvalue weighted by atomic mass is 16.5. The summed E-state index contributed by atoms with van der Waals surface area (Å²) in [6.45, 7) is 3.75. The number of nitrogens with two attached hydrogens (primary N) is 1. The second-order valence-corrected chi connectivity index (χ2v) is 3.15. The summed E-state index contributed by atoms with van der Waals surface area (Å²) in [6, 6.07) is 4.93. The van der Waals surface area contributed by atoms with Crippen LogP contribution in [0.3, 0.4) is 0 Å². The van der Waals surface area contributed by atoms with Gasteiger partial charge in [-0.15, -0.1) is 0 Å². The van der Waals surface area contributed by atoms with Crippen LogP contribution in [0.2, 0.25) is 0 Å². The highest BCUT2D eigenvalue weighted by Crippen LogP contribution is 2.29. The van der Waals surface area contributed by atoms with Crippen LogP contribution in [-0.2, 0) is 4.74 Å². The zero-order chi connectivity index (χ0) is 11.1. The first-order chi connectivity index (χ1) is 7.25. The topological polar surface area (TPSA) is 64.7 Å². The minimum absolute atomic E-state index is 0.0435. The Balaban J connectivity index is 2.34. The lowest BCUT2D eigenvalue weighted by atomic mass is 10.3. The van der Waals surface area contributed by atoms with Gasteiger partial charge >= 0.3 is 0 Å². The predicted molar refractivity (Wildman–Crippen MR) is 59.1 cm³/mol. The van der Waals surface area contributed by atoms with Crippen LogP contribution < -0.4 is 10.5 Å². The van der Waals surface area contributed by atoms with Crippen LogP contribution in [0.15, 0.2) is 18.2 Å². The normalized spacial score (nSPS) is 10.2. The minimum Gasteiger partial charge on any atom is -0.506 e. The molecule has 15 heavy (non-hydrogen) atoms. The number of nitrogen functional groups attached to an aromatic ring is 1. The Hall–Kier alpha value is -1.42. The Morgan fingerprint density at radius 3 is 2.80 bits per heavy atom. The lowest BCUT2D eigenvalue weighted by Crippen LogP contribution is -2.08. The van der Waals surface area contributed by atoms with Crippen LogP contribution in [0.1, 0.15) is 13.3 Å². The third-order valence-corrected chi connectivity index (χ3v) is 1.88. The van der Waals surface area contributed by atoms with E-state index in [1.165, 1.54) is 6.07 Å². The molecule has 1 aromatic rings. The Morgan fingerprint density at radius 2 is 2.07 bits per heavy atom. The van der Waals surface area contributed by atoms with Crippen molar-refractivity contribution >= 4 is 5.69 Å². The van der Waals surface area contributed by atoms with Gasteiger partial charge < -0.3 is 20.3 Å². The average molecular weight is 211 g/mol. The summed E-state index contributed by atoms with van der Waals surface area (Å²) in [5.41, 5.74) is 5.88. The zero-order valence-corrected chi connectivity index (χ0v) is 8.90. The molecule has 0 aromatic heterocycles. The van der Waals surface area contributed by atoms with Gasteiger partial charge in [0, 0.05) is 6.61 Å². The van der Waals surface area contributed by atoms with Crippen molar-refractivity contribution in [2.75, 3.05) is 25.6 Å². The van der Waals surface area contributed by atoms with Gasteiger partial charge in [0.2, 0.25) is 0 Å². The van der Waals surface area contributed by atoms with Gasteiger partial charge in [0.05, 0.1) is 6.61 Å². The number of para-hydroxylation sites is 1. The number of hydrogen-bond acceptors (Lipinski definition) is 4. The second kappa shape index (κ2) is 6.14. The average Bonchev–Trinajstić information content (AvgIpc) is 2.24. The first kappa shape index (κ1) is 11.7. The molecule has 1 aromatic carbocycles. The molecule has 84 valence electrons. The molecule has 0 saturated heterocycles. The number of ether oxygens (including phenoxy) is 2. The van der Waals surface area contributed by atoms with Gasteiger partial charge in [-0.2, -0.15) is 0 Å². The number of anilines is 1. The Labute approximate surface area is 89.6 Å². The quantitative estimate of drug-likeness (QED) is 0.427. The van der Waals surface area contributed by atoms with Crippen molar-refractivity contribution in [1.29, 1.82) is 0 Å². The fourth-order valence-corrected chi connectivity index (χ4v) is 1.12. The smallest absolute Gasteiger partial charge is 0.146 e. The number of hydrogen-bond donors (Lipinski definition) is 2. The summed E-state index contributed by atoms with van der Waals surface area (Å²) < 4.78 is 10.6. The summed E-state index contributed by atoms with van der Waals surface area (Å²) in [5.74, 6) is 0.539. The molecule has 0 heterocycles. The molecule has 0 aliphatic heterocycles. The maximum atomic E-state index is 9.30. The van der Waals surface area contributed by atoms with Crippen molar-refractivity contribution in [1.82, 2.24) is 0 Å². The molecule has 3 N–H and O–H groups in total. The lowest BCUT2D eigenvalue weighted by Gasteiger charge is -2.09. The van der Waals surface area contributed by atoms with Crippen molar-refractivity contribution < 1.29 is 14.6 Å². The van der Waals surface area contributed by atoms with E-state index in [-0.39, 0.29) is 11.4 Å². The van der Waals surface area contributed by atoms with E-state index in [1.54, 1.807) is 12.1 Å². The van der Waals surface area contributed by atoms with Gasteiger partial charge in [0.1, 0.15) is 23.8 Å². The number of aromatic hydroxyl groups is 1. The van der Waals surface area contributed by atoms with Crippen LogP contribution in [-0.4, -0.2) is 24.9 Å². The second-order valence-electron chi connectivity index (χ2n) is 3.15. The van der Waals surface area contributed by atoms with Gasteiger partial charge in [-0.25, -0.2) is 0 Å². The Bertz CT molecular complexity index is 302. The van der Waals surface area contributed by atoms with Crippen LogP contribution >= 0.6 is 0 Å². The van der Waals surface area contributed by atoms with Gasteiger partial charge in [-0.1, -0.05) is 13.0 Å². The predicted octanol–water partition coefficient (Wildman–Crippen LogP) is 1.78. The molecule has 4 heteroatoms. The van der Waals surface area contributed by atoms with E-state index in [4.69, 9.17) is 15.2 Å². The summed E-state index contributed by atoms with van der Waals surface area (Å²) >= 11 is 0. The molecule has 0 fully saturated rings. The molecule has 0 unspecified atom stereocenters. The van der Waals surface area contributed by atoms with Gasteiger partial charge in [0.25, 0.3) is 0 Å². The first-order valence-electron chi connectivity index (χ1n) is 5.03. The van der Waals surface area contributed by atoms with Crippen molar-refractivity contribution in [3.05, 3.63) is 18.2 Å². The summed E-state index contributed by atoms with van der Waals surface area (Å²) in [5, 5.41) is 9.30. The van der Waals surface area contributed by atoms with E-state index < -0.39 is 0 Å². The molecule has 0 amide bonds. The number of rotatable bonds is 6. The monoisotopic (exact) mass is 211 g/mol.